The van der Waals surface area contributed by atoms with E-state index >= 15 is 0 Å². The van der Waals surface area contributed by atoms with E-state index in [1.807, 2.05) is 0 Å². The molecular weight excluding hydrogens is 234 g/mol. The van der Waals surface area contributed by atoms with E-state index in [0.29, 0.717) is 0 Å². The topological polar surface area (TPSA) is 34.2 Å². The standard InChI is InChI=1S/C16H23N3/c17-8-7-14-13-19(12-11-18-9-3-4-10-18)16-6-2-1-5-15(14)16/h1-2,5-6,13H,3-4,7-12,17H2. The van der Waals surface area contributed by atoms with Crippen LogP contribution in [0.3, 0.4) is 0 Å². The molecule has 1 saturated heterocycles. The van der Waals surface area contributed by atoms with Crippen LogP contribution < -0.4 is 5.73 Å². The van der Waals surface area contributed by atoms with Crippen LogP contribution in [0.25, 0.3) is 10.9 Å². The zero-order chi connectivity index (χ0) is 13.1. The van der Waals surface area contributed by atoms with Crippen molar-refractivity contribution >= 4 is 10.9 Å². The maximum absolute atomic E-state index is 5.72. The van der Waals surface area contributed by atoms with E-state index in [1.165, 1.54) is 48.9 Å². The first-order chi connectivity index (χ1) is 9.38. The van der Waals surface area contributed by atoms with E-state index < -0.39 is 0 Å². The Balaban J connectivity index is 1.81. The Hall–Kier alpha value is -1.32. The summed E-state index contributed by atoms with van der Waals surface area (Å²) >= 11 is 0. The summed E-state index contributed by atoms with van der Waals surface area (Å²) in [7, 11) is 0. The number of hydrogen-bond acceptors (Lipinski definition) is 2. The Kier molecular flexibility index (Phi) is 3.85. The number of nitrogens with two attached hydrogens (primary N) is 1. The van der Waals surface area contributed by atoms with E-state index in [9.17, 15) is 0 Å². The molecule has 0 amide bonds. The Morgan fingerprint density at radius 3 is 2.63 bits per heavy atom. The van der Waals surface area contributed by atoms with Crippen LogP contribution in [0, 0.1) is 0 Å². The SMILES string of the molecule is NCCc1cn(CCN2CCCC2)c2ccccc12. The van der Waals surface area contributed by atoms with E-state index in [4.69, 9.17) is 5.73 Å². The lowest BCUT2D eigenvalue weighted by Gasteiger charge is -2.15. The number of hydrogen-bond donors (Lipinski definition) is 1. The Morgan fingerprint density at radius 1 is 1.05 bits per heavy atom. The summed E-state index contributed by atoms with van der Waals surface area (Å²) in [5.74, 6) is 0. The average molecular weight is 257 g/mol. The maximum atomic E-state index is 5.72. The van der Waals surface area contributed by atoms with Crippen molar-refractivity contribution in [1.29, 1.82) is 0 Å². The predicted octanol–water partition coefficient (Wildman–Crippen LogP) is 2.24. The summed E-state index contributed by atoms with van der Waals surface area (Å²) in [6.45, 7) is 5.52. The highest BCUT2D eigenvalue weighted by Crippen LogP contribution is 2.21. The normalized spacial score (nSPS) is 16.5. The van der Waals surface area contributed by atoms with Gasteiger partial charge in [-0.05, 0) is 50.5 Å². The van der Waals surface area contributed by atoms with Crippen LogP contribution in [-0.2, 0) is 13.0 Å². The van der Waals surface area contributed by atoms with E-state index in [2.05, 4.69) is 39.9 Å². The van der Waals surface area contributed by atoms with Gasteiger partial charge < -0.3 is 15.2 Å². The van der Waals surface area contributed by atoms with Gasteiger partial charge in [-0.1, -0.05) is 18.2 Å². The second-order valence-electron chi connectivity index (χ2n) is 5.45. The minimum absolute atomic E-state index is 0.722. The lowest BCUT2D eigenvalue weighted by molar-refractivity contribution is 0.324. The molecule has 3 nitrogen and oxygen atoms in total. The number of benzene rings is 1. The highest BCUT2D eigenvalue weighted by Gasteiger charge is 2.12. The van der Waals surface area contributed by atoms with Crippen molar-refractivity contribution in [2.24, 2.45) is 5.73 Å². The first-order valence-electron chi connectivity index (χ1n) is 7.37. The average Bonchev–Trinajstić information content (AvgIpc) is 3.06. The zero-order valence-corrected chi connectivity index (χ0v) is 11.5. The molecule has 0 atom stereocenters. The number of likely N-dealkylation sites (tertiary alicyclic amines) is 1. The van der Waals surface area contributed by atoms with E-state index in [-0.39, 0.29) is 0 Å². The van der Waals surface area contributed by atoms with Gasteiger partial charge in [0, 0.05) is 30.2 Å². The lowest BCUT2D eigenvalue weighted by atomic mass is 10.1. The summed E-state index contributed by atoms with van der Waals surface area (Å²) in [5.41, 5.74) is 8.46. The van der Waals surface area contributed by atoms with Gasteiger partial charge in [-0.15, -0.1) is 0 Å². The third-order valence-corrected chi connectivity index (χ3v) is 4.14. The van der Waals surface area contributed by atoms with Gasteiger partial charge in [-0.3, -0.25) is 0 Å². The predicted molar refractivity (Wildman–Crippen MR) is 80.4 cm³/mol. The summed E-state index contributed by atoms with van der Waals surface area (Å²) in [4.78, 5) is 2.57. The van der Waals surface area contributed by atoms with Gasteiger partial charge >= 0.3 is 0 Å². The summed E-state index contributed by atoms with van der Waals surface area (Å²) in [6.07, 6.45) is 6.00. The van der Waals surface area contributed by atoms with Crippen molar-refractivity contribution in [1.82, 2.24) is 9.47 Å². The van der Waals surface area contributed by atoms with Crippen molar-refractivity contribution in [2.75, 3.05) is 26.2 Å². The van der Waals surface area contributed by atoms with Gasteiger partial charge in [0.15, 0.2) is 0 Å². The van der Waals surface area contributed by atoms with E-state index in [0.717, 1.165) is 19.5 Å². The molecule has 1 aliphatic heterocycles. The molecule has 2 aromatic rings. The smallest absolute Gasteiger partial charge is 0.0483 e. The number of aromatic nitrogens is 1. The molecule has 3 rings (SSSR count). The van der Waals surface area contributed by atoms with Crippen LogP contribution in [0.2, 0.25) is 0 Å². The molecule has 0 radical (unpaired) electrons. The molecule has 19 heavy (non-hydrogen) atoms. The number of rotatable bonds is 5. The molecule has 2 heterocycles. The Bertz CT molecular complexity index is 538. The van der Waals surface area contributed by atoms with Gasteiger partial charge in [-0.25, -0.2) is 0 Å². The van der Waals surface area contributed by atoms with Crippen molar-refractivity contribution < 1.29 is 0 Å². The molecule has 1 aromatic carbocycles. The van der Waals surface area contributed by atoms with Crippen LogP contribution in [0.5, 0.6) is 0 Å². The molecule has 1 aromatic heterocycles. The minimum atomic E-state index is 0.722. The van der Waals surface area contributed by atoms with Gasteiger partial charge in [0.2, 0.25) is 0 Å². The summed E-state index contributed by atoms with van der Waals surface area (Å²) < 4.78 is 2.40. The minimum Gasteiger partial charge on any atom is -0.346 e. The molecule has 1 fully saturated rings. The van der Waals surface area contributed by atoms with Crippen molar-refractivity contribution in [3.05, 3.63) is 36.0 Å². The molecule has 0 aliphatic carbocycles. The summed E-state index contributed by atoms with van der Waals surface area (Å²) in [5, 5.41) is 1.37. The van der Waals surface area contributed by atoms with Crippen LogP contribution in [0.15, 0.2) is 30.5 Å². The number of fused-ring (bicyclic) bond motifs is 1. The number of nitrogens with zero attached hydrogens (tertiary/aromatic N) is 2. The highest BCUT2D eigenvalue weighted by atomic mass is 15.2. The summed E-state index contributed by atoms with van der Waals surface area (Å²) in [6, 6.07) is 8.68. The molecule has 1 aliphatic rings. The largest absolute Gasteiger partial charge is 0.346 e. The highest BCUT2D eigenvalue weighted by molar-refractivity contribution is 5.84. The van der Waals surface area contributed by atoms with Crippen molar-refractivity contribution in [2.45, 2.75) is 25.8 Å². The van der Waals surface area contributed by atoms with Crippen LogP contribution in [0.1, 0.15) is 18.4 Å². The Morgan fingerprint density at radius 2 is 1.84 bits per heavy atom. The van der Waals surface area contributed by atoms with E-state index in [1.54, 1.807) is 0 Å². The molecule has 0 unspecified atom stereocenters. The fraction of sp³-hybridized carbons (Fsp3) is 0.500. The number of para-hydroxylation sites is 1. The van der Waals surface area contributed by atoms with Gasteiger partial charge in [0.1, 0.15) is 0 Å². The first-order valence-corrected chi connectivity index (χ1v) is 7.37. The second kappa shape index (κ2) is 5.76. The van der Waals surface area contributed by atoms with Crippen molar-refractivity contribution in [3.8, 4) is 0 Å². The monoisotopic (exact) mass is 257 g/mol. The molecule has 102 valence electrons. The fourth-order valence-corrected chi connectivity index (χ4v) is 3.12. The zero-order valence-electron chi connectivity index (χ0n) is 11.5. The fourth-order valence-electron chi connectivity index (χ4n) is 3.12. The van der Waals surface area contributed by atoms with Gasteiger partial charge in [-0.2, -0.15) is 0 Å². The molecule has 0 saturated carbocycles. The third-order valence-electron chi connectivity index (χ3n) is 4.14. The van der Waals surface area contributed by atoms with Gasteiger partial charge in [0.05, 0.1) is 0 Å². The van der Waals surface area contributed by atoms with Crippen LogP contribution >= 0.6 is 0 Å². The molecule has 0 bridgehead atoms. The molecular formula is C16H23N3. The lowest BCUT2D eigenvalue weighted by Crippen LogP contribution is -2.23. The maximum Gasteiger partial charge on any atom is 0.0483 e. The molecule has 3 heteroatoms. The molecule has 0 spiro atoms. The third kappa shape index (κ3) is 2.67. The first kappa shape index (κ1) is 12.7. The Labute approximate surface area is 115 Å². The van der Waals surface area contributed by atoms with Crippen molar-refractivity contribution in [3.63, 3.8) is 0 Å². The van der Waals surface area contributed by atoms with Crippen LogP contribution in [-0.4, -0.2) is 35.6 Å². The van der Waals surface area contributed by atoms with Crippen LogP contribution in [0.4, 0.5) is 0 Å². The quantitative estimate of drug-likeness (QED) is 0.891. The van der Waals surface area contributed by atoms with Gasteiger partial charge in [0.25, 0.3) is 0 Å². The second-order valence-corrected chi connectivity index (χ2v) is 5.45. The molecule has 2 N–H and O–H groups in total.